The van der Waals surface area contributed by atoms with Crippen molar-refractivity contribution in [1.82, 2.24) is 5.32 Å². The number of aliphatic hydroxyl groups excluding tert-OH is 8. The number of nitrogens with one attached hydrogen (secondary N) is 1. The fourth-order valence-corrected chi connectivity index (χ4v) is 10.2. The molecule has 454 valence electrons. The molecular formula is C64H115NO13. The highest BCUT2D eigenvalue weighted by atomic mass is 16.7. The number of rotatable bonds is 50. The van der Waals surface area contributed by atoms with E-state index in [0.29, 0.717) is 6.42 Å². The molecule has 0 aliphatic carbocycles. The number of aliphatic hydroxyl groups is 8. The smallest absolute Gasteiger partial charge is 0.220 e. The van der Waals surface area contributed by atoms with Crippen LogP contribution in [0.4, 0.5) is 0 Å². The molecule has 2 aliphatic rings. The predicted octanol–water partition coefficient (Wildman–Crippen LogP) is 11.3. The van der Waals surface area contributed by atoms with Gasteiger partial charge in [0.15, 0.2) is 12.6 Å². The summed E-state index contributed by atoms with van der Waals surface area (Å²) in [5.74, 6) is -0.239. The molecule has 78 heavy (non-hydrogen) atoms. The molecule has 2 aliphatic heterocycles. The maximum atomic E-state index is 13.2. The Bertz CT molecular complexity index is 1540. The Kier molecular flexibility index (Phi) is 45.4. The molecule has 12 unspecified atom stereocenters. The number of unbranched alkanes of at least 4 members (excludes halogenated alkanes) is 29. The lowest BCUT2D eigenvalue weighted by atomic mass is 9.97. The topological polar surface area (TPSA) is 228 Å². The molecular weight excluding hydrogens is 991 g/mol. The largest absolute Gasteiger partial charge is 0.394 e. The van der Waals surface area contributed by atoms with Gasteiger partial charge in [0.05, 0.1) is 32.0 Å². The van der Waals surface area contributed by atoms with Crippen LogP contribution in [0.15, 0.2) is 60.8 Å². The first-order chi connectivity index (χ1) is 38.1. The Morgan fingerprint density at radius 1 is 0.474 bits per heavy atom. The van der Waals surface area contributed by atoms with Gasteiger partial charge in [-0.1, -0.05) is 242 Å². The van der Waals surface area contributed by atoms with Crippen LogP contribution < -0.4 is 5.32 Å². The van der Waals surface area contributed by atoms with E-state index < -0.39 is 86.8 Å². The van der Waals surface area contributed by atoms with E-state index in [1.807, 2.05) is 6.08 Å². The number of carbonyl (C=O) groups is 1. The first kappa shape index (κ1) is 71.8. The molecule has 0 spiro atoms. The lowest BCUT2D eigenvalue weighted by molar-refractivity contribution is -0.359. The number of hydrogen-bond acceptors (Lipinski definition) is 13. The van der Waals surface area contributed by atoms with Crippen LogP contribution in [0.2, 0.25) is 0 Å². The van der Waals surface area contributed by atoms with Crippen molar-refractivity contribution in [3.8, 4) is 0 Å². The maximum Gasteiger partial charge on any atom is 0.220 e. The number of hydrogen-bond donors (Lipinski definition) is 9. The molecule has 14 heteroatoms. The number of amides is 1. The van der Waals surface area contributed by atoms with Crippen molar-refractivity contribution < 1.29 is 64.6 Å². The van der Waals surface area contributed by atoms with E-state index in [-0.39, 0.29) is 18.9 Å². The third-order valence-electron chi connectivity index (χ3n) is 15.2. The summed E-state index contributed by atoms with van der Waals surface area (Å²) in [7, 11) is 0. The summed E-state index contributed by atoms with van der Waals surface area (Å²) >= 11 is 0. The number of ether oxygens (including phenoxy) is 4. The lowest BCUT2D eigenvalue weighted by Crippen LogP contribution is -2.65. The molecule has 0 bridgehead atoms. The minimum absolute atomic E-state index is 0.239. The summed E-state index contributed by atoms with van der Waals surface area (Å²) < 4.78 is 22.7. The van der Waals surface area contributed by atoms with Gasteiger partial charge in [0.25, 0.3) is 0 Å². The standard InChI is InChI=1S/C64H115NO13/c1-3-5-7-9-11-13-15-16-17-18-19-20-21-22-23-24-25-26-27-28-29-30-31-32-33-34-35-36-38-40-42-44-46-48-56(69)65-52(53(68)47-45-43-41-39-37-14-12-10-8-6-4-2)51-75-63-61(74)59(72)62(55(50-67)77-63)78-64-60(73)58(71)57(70)54(49-66)76-64/h5,7,11,13,16-17,19-20,45,47,52-55,57-64,66-68,70-74H,3-4,6,8-10,12,14-15,18,21-44,46,48-51H2,1-2H3,(H,65,69)/b7-5-,13-11-,17-16-,20-19-,47-45+. The lowest BCUT2D eigenvalue weighted by Gasteiger charge is -2.46. The van der Waals surface area contributed by atoms with Gasteiger partial charge in [0.2, 0.25) is 5.91 Å². The zero-order valence-electron chi connectivity index (χ0n) is 48.9. The Labute approximate surface area is 473 Å². The zero-order chi connectivity index (χ0) is 56.7. The molecule has 0 aromatic heterocycles. The van der Waals surface area contributed by atoms with E-state index in [9.17, 15) is 45.6 Å². The second-order valence-electron chi connectivity index (χ2n) is 22.2. The maximum absolute atomic E-state index is 13.2. The van der Waals surface area contributed by atoms with E-state index in [4.69, 9.17) is 18.9 Å². The van der Waals surface area contributed by atoms with Crippen LogP contribution >= 0.6 is 0 Å². The molecule has 1 amide bonds. The fourth-order valence-electron chi connectivity index (χ4n) is 10.2. The highest BCUT2D eigenvalue weighted by Gasteiger charge is 2.51. The SMILES string of the molecule is CC/C=C\C/C=C\C/C=C\C/C=C\CCCCCCCCCCCCCCCCCCCCCCC(=O)NC(COC1OC(CO)C(OC2OC(CO)C(O)C(O)C2O)C(O)C1O)C(O)/C=C/CCCCCCCCCCC. The van der Waals surface area contributed by atoms with E-state index in [1.54, 1.807) is 6.08 Å². The van der Waals surface area contributed by atoms with Crippen molar-refractivity contribution in [2.75, 3.05) is 19.8 Å². The molecule has 9 N–H and O–H groups in total. The molecule has 0 radical (unpaired) electrons. The molecule has 12 atom stereocenters. The Morgan fingerprint density at radius 2 is 0.885 bits per heavy atom. The predicted molar refractivity (Wildman–Crippen MR) is 314 cm³/mol. The summed E-state index contributed by atoms with van der Waals surface area (Å²) in [6.07, 6.45) is 47.2. The molecule has 14 nitrogen and oxygen atoms in total. The van der Waals surface area contributed by atoms with Gasteiger partial charge in [-0.3, -0.25) is 4.79 Å². The van der Waals surface area contributed by atoms with Crippen LogP contribution in [0, 0.1) is 0 Å². The van der Waals surface area contributed by atoms with Crippen molar-refractivity contribution in [3.63, 3.8) is 0 Å². The Morgan fingerprint density at radius 3 is 1.36 bits per heavy atom. The van der Waals surface area contributed by atoms with Crippen molar-refractivity contribution in [3.05, 3.63) is 60.8 Å². The molecule has 2 heterocycles. The number of allylic oxidation sites excluding steroid dienone is 9. The van der Waals surface area contributed by atoms with Crippen molar-refractivity contribution >= 4 is 5.91 Å². The van der Waals surface area contributed by atoms with Gasteiger partial charge in [-0.2, -0.15) is 0 Å². The average Bonchev–Trinajstić information content (AvgIpc) is 3.47. The Balaban J connectivity index is 1.61. The quantitative estimate of drug-likeness (QED) is 0.0204. The van der Waals surface area contributed by atoms with Gasteiger partial charge in [-0.25, -0.2) is 0 Å². The van der Waals surface area contributed by atoms with Gasteiger partial charge in [-0.15, -0.1) is 0 Å². The van der Waals surface area contributed by atoms with E-state index in [0.717, 1.165) is 64.2 Å². The van der Waals surface area contributed by atoms with Crippen LogP contribution in [0.25, 0.3) is 0 Å². The van der Waals surface area contributed by atoms with Crippen LogP contribution in [-0.2, 0) is 23.7 Å². The fraction of sp³-hybridized carbons (Fsp3) is 0.828. The van der Waals surface area contributed by atoms with E-state index in [1.165, 1.54) is 154 Å². The average molecular weight is 1110 g/mol. The molecule has 2 fully saturated rings. The van der Waals surface area contributed by atoms with Gasteiger partial charge < -0.3 is 65.1 Å². The minimum Gasteiger partial charge on any atom is -0.394 e. The highest BCUT2D eigenvalue weighted by Crippen LogP contribution is 2.30. The molecule has 0 aromatic rings. The monoisotopic (exact) mass is 1110 g/mol. The van der Waals surface area contributed by atoms with E-state index >= 15 is 0 Å². The van der Waals surface area contributed by atoms with Crippen LogP contribution in [0.1, 0.15) is 245 Å². The zero-order valence-corrected chi connectivity index (χ0v) is 48.9. The van der Waals surface area contributed by atoms with Crippen molar-refractivity contribution in [2.24, 2.45) is 0 Å². The van der Waals surface area contributed by atoms with E-state index in [2.05, 4.69) is 67.8 Å². The molecule has 2 saturated heterocycles. The number of carbonyl (C=O) groups excluding carboxylic acids is 1. The van der Waals surface area contributed by atoms with Crippen molar-refractivity contribution in [1.29, 1.82) is 0 Å². The minimum atomic E-state index is -1.79. The third kappa shape index (κ3) is 34.2. The summed E-state index contributed by atoms with van der Waals surface area (Å²) in [6.45, 7) is 2.67. The van der Waals surface area contributed by atoms with Gasteiger partial charge in [-0.05, 0) is 57.8 Å². The first-order valence-corrected chi connectivity index (χ1v) is 31.5. The van der Waals surface area contributed by atoms with Gasteiger partial charge in [0.1, 0.15) is 48.8 Å². The van der Waals surface area contributed by atoms with Crippen LogP contribution in [-0.4, -0.2) is 140 Å². The van der Waals surface area contributed by atoms with Gasteiger partial charge >= 0.3 is 0 Å². The molecule has 0 aromatic carbocycles. The summed E-state index contributed by atoms with van der Waals surface area (Å²) in [5.41, 5.74) is 0. The normalized spacial score (nSPS) is 24.9. The third-order valence-corrected chi connectivity index (χ3v) is 15.2. The first-order valence-electron chi connectivity index (χ1n) is 31.5. The molecule has 2 rings (SSSR count). The van der Waals surface area contributed by atoms with Gasteiger partial charge in [0, 0.05) is 6.42 Å². The summed E-state index contributed by atoms with van der Waals surface area (Å²) in [6, 6.07) is -0.913. The summed E-state index contributed by atoms with van der Waals surface area (Å²) in [5, 5.41) is 87.0. The van der Waals surface area contributed by atoms with Crippen LogP contribution in [0.5, 0.6) is 0 Å². The summed E-state index contributed by atoms with van der Waals surface area (Å²) in [4.78, 5) is 13.2. The Hall–Kier alpha value is -2.31. The second kappa shape index (κ2) is 49.3. The van der Waals surface area contributed by atoms with Crippen LogP contribution in [0.3, 0.4) is 0 Å². The molecule has 0 saturated carbocycles. The van der Waals surface area contributed by atoms with Crippen molar-refractivity contribution in [2.45, 2.75) is 319 Å². The second-order valence-corrected chi connectivity index (χ2v) is 22.2. The highest BCUT2D eigenvalue weighted by molar-refractivity contribution is 5.76.